The molecule has 13 heavy (non-hydrogen) atoms. The van der Waals surface area contributed by atoms with Crippen LogP contribution in [0, 0.1) is 0 Å². The van der Waals surface area contributed by atoms with Crippen molar-refractivity contribution in [1.29, 1.82) is 0 Å². The molecular weight excluding hydrogens is 166 g/mol. The first kappa shape index (κ1) is 10.2. The Morgan fingerprint density at radius 2 is 2.00 bits per heavy atom. The van der Waals surface area contributed by atoms with Gasteiger partial charge in [-0.2, -0.15) is 0 Å². The van der Waals surface area contributed by atoms with Crippen molar-refractivity contribution < 1.29 is 9.94 Å². The van der Waals surface area contributed by atoms with Gasteiger partial charge in [0.15, 0.2) is 0 Å². The molecule has 0 aliphatic rings. The summed E-state index contributed by atoms with van der Waals surface area (Å²) in [5, 5.41) is 9.23. The molecule has 0 saturated carbocycles. The molecule has 0 saturated heterocycles. The Morgan fingerprint density at radius 3 is 2.54 bits per heavy atom. The van der Waals surface area contributed by atoms with Crippen molar-refractivity contribution in [2.75, 3.05) is 0 Å². The van der Waals surface area contributed by atoms with Gasteiger partial charge in [0.2, 0.25) is 0 Å². The van der Waals surface area contributed by atoms with Crippen LogP contribution in [0.5, 0.6) is 0 Å². The molecule has 1 rings (SSSR count). The van der Waals surface area contributed by atoms with E-state index in [1.807, 2.05) is 24.3 Å². The second kappa shape index (κ2) is 4.97. The monoisotopic (exact) mass is 181 g/mol. The van der Waals surface area contributed by atoms with Crippen molar-refractivity contribution in [3.05, 3.63) is 35.4 Å². The zero-order chi connectivity index (χ0) is 9.68. The zero-order valence-corrected chi connectivity index (χ0v) is 7.73. The maximum atomic E-state index is 9.23. The fourth-order valence-electron chi connectivity index (χ4n) is 1.31. The lowest BCUT2D eigenvalue weighted by Gasteiger charge is -2.09. The number of hydrogen-bond donors (Lipinski definition) is 2. The smallest absolute Gasteiger partial charge is 0.0932 e. The van der Waals surface area contributed by atoms with Gasteiger partial charge in [0, 0.05) is 0 Å². The number of nitrogens with two attached hydrogens (primary N) is 1. The van der Waals surface area contributed by atoms with Gasteiger partial charge in [-0.1, -0.05) is 24.3 Å². The fraction of sp³-hybridized carbons (Fsp3) is 0.400. The Kier molecular flexibility index (Phi) is 3.89. The Bertz CT molecular complexity index is 261. The molecule has 3 N–H and O–H groups in total. The fourth-order valence-corrected chi connectivity index (χ4v) is 1.31. The van der Waals surface area contributed by atoms with E-state index in [-0.39, 0.29) is 6.10 Å². The summed E-state index contributed by atoms with van der Waals surface area (Å²) in [5.41, 5.74) is 2.12. The molecule has 0 heterocycles. The minimum atomic E-state index is -0.334. The first-order valence-corrected chi connectivity index (χ1v) is 4.30. The first-order chi connectivity index (χ1) is 6.24. The maximum Gasteiger partial charge on any atom is 0.0932 e. The highest BCUT2D eigenvalue weighted by Crippen LogP contribution is 2.11. The molecule has 1 aromatic carbocycles. The van der Waals surface area contributed by atoms with E-state index in [1.165, 1.54) is 0 Å². The number of rotatable bonds is 4. The van der Waals surface area contributed by atoms with Gasteiger partial charge in [-0.15, -0.1) is 0 Å². The third-order valence-electron chi connectivity index (χ3n) is 1.87. The quantitative estimate of drug-likeness (QED) is 0.681. The molecule has 1 atom stereocenters. The largest absolute Gasteiger partial charge is 0.393 e. The number of aliphatic hydroxyl groups is 1. The van der Waals surface area contributed by atoms with Crippen LogP contribution in [0.1, 0.15) is 18.1 Å². The summed E-state index contributed by atoms with van der Waals surface area (Å²) < 4.78 is 0. The van der Waals surface area contributed by atoms with Gasteiger partial charge < -0.3 is 5.11 Å². The molecule has 3 nitrogen and oxygen atoms in total. The molecule has 0 fully saturated rings. The van der Waals surface area contributed by atoms with Gasteiger partial charge >= 0.3 is 0 Å². The van der Waals surface area contributed by atoms with E-state index < -0.39 is 0 Å². The summed E-state index contributed by atoms with van der Waals surface area (Å²) in [4.78, 5) is 4.57. The van der Waals surface area contributed by atoms with Gasteiger partial charge in [0.05, 0.1) is 12.7 Å². The summed E-state index contributed by atoms with van der Waals surface area (Å²) >= 11 is 0. The summed E-state index contributed by atoms with van der Waals surface area (Å²) in [6.07, 6.45) is 0.304. The molecule has 0 aromatic heterocycles. The van der Waals surface area contributed by atoms with Gasteiger partial charge in [0.25, 0.3) is 0 Å². The summed E-state index contributed by atoms with van der Waals surface area (Å²) in [6, 6.07) is 7.79. The molecule has 0 amide bonds. The number of aliphatic hydroxyl groups excluding tert-OH is 1. The SMILES string of the molecule is CC(O)Cc1ccccc1CON. The van der Waals surface area contributed by atoms with Gasteiger partial charge in [0.1, 0.15) is 0 Å². The summed E-state index contributed by atoms with van der Waals surface area (Å²) in [5.74, 6) is 5.00. The molecule has 1 unspecified atom stereocenters. The summed E-state index contributed by atoms with van der Waals surface area (Å²) in [7, 11) is 0. The van der Waals surface area contributed by atoms with Gasteiger partial charge in [-0.25, -0.2) is 5.90 Å². The van der Waals surface area contributed by atoms with Crippen molar-refractivity contribution in [2.24, 2.45) is 5.90 Å². The Morgan fingerprint density at radius 1 is 1.38 bits per heavy atom. The van der Waals surface area contributed by atoms with E-state index in [9.17, 15) is 5.11 Å². The van der Waals surface area contributed by atoms with Crippen LogP contribution >= 0.6 is 0 Å². The van der Waals surface area contributed by atoms with E-state index in [4.69, 9.17) is 5.90 Å². The van der Waals surface area contributed by atoms with Crippen LogP contribution in [0.4, 0.5) is 0 Å². The molecule has 0 spiro atoms. The highest BCUT2D eigenvalue weighted by Gasteiger charge is 2.04. The van der Waals surface area contributed by atoms with Crippen LogP contribution in [-0.4, -0.2) is 11.2 Å². The third kappa shape index (κ3) is 3.14. The lowest BCUT2D eigenvalue weighted by Crippen LogP contribution is -2.08. The molecule has 0 bridgehead atoms. The van der Waals surface area contributed by atoms with Gasteiger partial charge in [-0.3, -0.25) is 4.84 Å². The second-order valence-corrected chi connectivity index (χ2v) is 3.13. The molecule has 1 aromatic rings. The molecule has 0 radical (unpaired) electrons. The molecule has 0 aliphatic carbocycles. The first-order valence-electron chi connectivity index (χ1n) is 4.30. The van der Waals surface area contributed by atoms with Crippen molar-refractivity contribution in [3.63, 3.8) is 0 Å². The van der Waals surface area contributed by atoms with E-state index in [0.717, 1.165) is 11.1 Å². The Hall–Kier alpha value is -0.900. The van der Waals surface area contributed by atoms with Gasteiger partial charge in [-0.05, 0) is 24.5 Å². The molecule has 0 aliphatic heterocycles. The van der Waals surface area contributed by atoms with E-state index in [1.54, 1.807) is 6.92 Å². The van der Waals surface area contributed by atoms with Crippen LogP contribution in [0.25, 0.3) is 0 Å². The lowest BCUT2D eigenvalue weighted by atomic mass is 10.0. The normalized spacial score (nSPS) is 12.8. The van der Waals surface area contributed by atoms with Crippen LogP contribution in [0.15, 0.2) is 24.3 Å². The van der Waals surface area contributed by atoms with Crippen LogP contribution in [0.3, 0.4) is 0 Å². The predicted molar refractivity (Wildman–Crippen MR) is 50.8 cm³/mol. The van der Waals surface area contributed by atoms with E-state index in [0.29, 0.717) is 13.0 Å². The number of hydrogen-bond acceptors (Lipinski definition) is 3. The zero-order valence-electron chi connectivity index (χ0n) is 7.73. The van der Waals surface area contributed by atoms with Crippen molar-refractivity contribution in [3.8, 4) is 0 Å². The van der Waals surface area contributed by atoms with Crippen LogP contribution < -0.4 is 5.90 Å². The number of benzene rings is 1. The predicted octanol–water partition coefficient (Wildman–Crippen LogP) is 1.00. The van der Waals surface area contributed by atoms with E-state index in [2.05, 4.69) is 4.84 Å². The average molecular weight is 181 g/mol. The third-order valence-corrected chi connectivity index (χ3v) is 1.87. The minimum absolute atomic E-state index is 0.334. The maximum absolute atomic E-state index is 9.23. The highest BCUT2D eigenvalue weighted by atomic mass is 16.6. The van der Waals surface area contributed by atoms with Crippen LogP contribution in [-0.2, 0) is 17.9 Å². The molecular formula is C10H15NO2. The topological polar surface area (TPSA) is 55.5 Å². The molecule has 3 heteroatoms. The van der Waals surface area contributed by atoms with Crippen molar-refractivity contribution in [2.45, 2.75) is 26.1 Å². The van der Waals surface area contributed by atoms with Crippen molar-refractivity contribution in [1.82, 2.24) is 0 Å². The van der Waals surface area contributed by atoms with Crippen molar-refractivity contribution >= 4 is 0 Å². The van der Waals surface area contributed by atoms with Crippen LogP contribution in [0.2, 0.25) is 0 Å². The molecule has 72 valence electrons. The minimum Gasteiger partial charge on any atom is -0.393 e. The summed E-state index contributed by atoms with van der Waals surface area (Å²) in [6.45, 7) is 2.16. The average Bonchev–Trinajstić information content (AvgIpc) is 2.08. The lowest BCUT2D eigenvalue weighted by molar-refractivity contribution is 0.122. The van der Waals surface area contributed by atoms with E-state index >= 15 is 0 Å². The Balaban J connectivity index is 2.78. The highest BCUT2D eigenvalue weighted by molar-refractivity contribution is 5.26. The second-order valence-electron chi connectivity index (χ2n) is 3.13. The Labute approximate surface area is 78.1 Å². The standard InChI is InChI=1S/C10H15NO2/c1-8(12)6-9-4-2-3-5-10(9)7-13-11/h2-5,8,12H,6-7,11H2,1H3.